The summed E-state index contributed by atoms with van der Waals surface area (Å²) in [7, 11) is 1.41. The number of halogens is 1. The number of aliphatic hydroxyl groups excluding tert-OH is 1. The lowest BCUT2D eigenvalue weighted by molar-refractivity contribution is 0.163. The highest BCUT2D eigenvalue weighted by Crippen LogP contribution is 2.18. The van der Waals surface area contributed by atoms with Gasteiger partial charge in [0.05, 0.1) is 19.3 Å². The maximum absolute atomic E-state index is 13.3. The number of hydrogen-bond donors (Lipinski definition) is 3. The zero-order valence-corrected chi connectivity index (χ0v) is 13.4. The molecule has 3 N–H and O–H groups in total. The van der Waals surface area contributed by atoms with Crippen LogP contribution in [0.15, 0.2) is 18.2 Å². The van der Waals surface area contributed by atoms with E-state index in [1.54, 1.807) is 19.1 Å². The van der Waals surface area contributed by atoms with Gasteiger partial charge in [-0.25, -0.2) is 9.18 Å². The van der Waals surface area contributed by atoms with Crippen LogP contribution in [0.3, 0.4) is 0 Å². The van der Waals surface area contributed by atoms with E-state index in [0.29, 0.717) is 19.4 Å². The van der Waals surface area contributed by atoms with E-state index in [0.717, 1.165) is 12.0 Å². The third kappa shape index (κ3) is 5.52. The molecule has 0 bridgehead atoms. The second kappa shape index (κ2) is 8.58. The Morgan fingerprint density at radius 3 is 2.77 bits per heavy atom. The first-order valence-electron chi connectivity index (χ1n) is 7.43. The molecule has 0 aliphatic carbocycles. The summed E-state index contributed by atoms with van der Waals surface area (Å²) in [6.45, 7) is 4.11. The largest absolute Gasteiger partial charge is 0.494 e. The van der Waals surface area contributed by atoms with Crippen LogP contribution in [0, 0.1) is 5.82 Å². The van der Waals surface area contributed by atoms with Crippen LogP contribution in [0.5, 0.6) is 5.75 Å². The predicted molar refractivity (Wildman–Crippen MR) is 83.6 cm³/mol. The molecule has 1 atom stereocenters. The molecule has 0 radical (unpaired) electrons. The topological polar surface area (TPSA) is 70.6 Å². The molecule has 124 valence electrons. The number of rotatable bonds is 8. The van der Waals surface area contributed by atoms with Crippen LogP contribution in [-0.2, 0) is 6.42 Å². The van der Waals surface area contributed by atoms with E-state index in [2.05, 4.69) is 10.6 Å². The number of methoxy groups -OCH3 is 1. The second-order valence-electron chi connectivity index (χ2n) is 5.57. The number of ether oxygens (including phenoxy) is 1. The number of benzene rings is 1. The Kier molecular flexibility index (Phi) is 7.11. The van der Waals surface area contributed by atoms with E-state index < -0.39 is 11.4 Å². The zero-order valence-electron chi connectivity index (χ0n) is 13.4. The smallest absolute Gasteiger partial charge is 0.315 e. The monoisotopic (exact) mass is 312 g/mol. The first-order valence-corrected chi connectivity index (χ1v) is 7.43. The van der Waals surface area contributed by atoms with Gasteiger partial charge in [0.15, 0.2) is 11.6 Å². The van der Waals surface area contributed by atoms with Gasteiger partial charge in [-0.15, -0.1) is 0 Å². The van der Waals surface area contributed by atoms with Gasteiger partial charge in [-0.1, -0.05) is 19.4 Å². The summed E-state index contributed by atoms with van der Waals surface area (Å²) in [5, 5.41) is 14.9. The Hall–Kier alpha value is -1.82. The summed E-state index contributed by atoms with van der Waals surface area (Å²) in [6.07, 6.45) is 2.13. The van der Waals surface area contributed by atoms with E-state index >= 15 is 0 Å². The zero-order chi connectivity index (χ0) is 16.6. The van der Waals surface area contributed by atoms with Crippen molar-refractivity contribution in [3.8, 4) is 5.75 Å². The third-order valence-corrected chi connectivity index (χ3v) is 3.48. The van der Waals surface area contributed by atoms with E-state index in [4.69, 9.17) is 4.74 Å². The fourth-order valence-corrected chi connectivity index (χ4v) is 2.23. The Bertz CT molecular complexity index is 496. The van der Waals surface area contributed by atoms with Crippen molar-refractivity contribution in [2.45, 2.75) is 38.6 Å². The molecule has 0 heterocycles. The highest BCUT2D eigenvalue weighted by Gasteiger charge is 2.24. The lowest BCUT2D eigenvalue weighted by atomic mass is 9.98. The Labute approximate surface area is 130 Å². The molecule has 0 saturated heterocycles. The molecule has 2 amide bonds. The molecular weight excluding hydrogens is 287 g/mol. The van der Waals surface area contributed by atoms with Crippen molar-refractivity contribution in [2.24, 2.45) is 0 Å². The van der Waals surface area contributed by atoms with Crippen molar-refractivity contribution in [2.75, 3.05) is 20.3 Å². The minimum atomic E-state index is -0.613. The second-order valence-corrected chi connectivity index (χ2v) is 5.57. The number of amides is 2. The summed E-state index contributed by atoms with van der Waals surface area (Å²) < 4.78 is 18.2. The summed E-state index contributed by atoms with van der Waals surface area (Å²) in [5.74, 6) is -0.215. The number of nitrogens with one attached hydrogen (secondary N) is 2. The Morgan fingerprint density at radius 1 is 1.45 bits per heavy atom. The number of urea groups is 1. The van der Waals surface area contributed by atoms with Crippen LogP contribution >= 0.6 is 0 Å². The van der Waals surface area contributed by atoms with Gasteiger partial charge >= 0.3 is 6.03 Å². The van der Waals surface area contributed by atoms with Gasteiger partial charge in [0, 0.05) is 6.54 Å². The maximum atomic E-state index is 13.3. The Morgan fingerprint density at radius 2 is 2.18 bits per heavy atom. The van der Waals surface area contributed by atoms with Gasteiger partial charge < -0.3 is 20.5 Å². The summed E-state index contributed by atoms with van der Waals surface area (Å²) in [6, 6.07) is 4.30. The molecule has 0 aliphatic heterocycles. The SMILES string of the molecule is CCCC(C)(CO)NC(=O)NCCc1ccc(F)c(OC)c1. The average molecular weight is 312 g/mol. The van der Waals surface area contributed by atoms with Crippen LogP contribution in [0.4, 0.5) is 9.18 Å². The van der Waals surface area contributed by atoms with Crippen molar-refractivity contribution in [3.63, 3.8) is 0 Å². The number of aliphatic hydroxyl groups is 1. The average Bonchev–Trinajstić information content (AvgIpc) is 2.49. The molecular formula is C16H25FN2O3. The summed E-state index contributed by atoms with van der Waals surface area (Å²) in [5.41, 5.74) is 0.259. The van der Waals surface area contributed by atoms with Gasteiger partial charge in [-0.2, -0.15) is 0 Å². The lowest BCUT2D eigenvalue weighted by Crippen LogP contribution is -2.52. The molecule has 0 fully saturated rings. The molecule has 1 aromatic rings. The highest BCUT2D eigenvalue weighted by atomic mass is 19.1. The predicted octanol–water partition coefficient (Wildman–Crippen LogP) is 2.23. The van der Waals surface area contributed by atoms with Gasteiger partial charge in [0.2, 0.25) is 0 Å². The molecule has 5 nitrogen and oxygen atoms in total. The van der Waals surface area contributed by atoms with Crippen LogP contribution in [0.25, 0.3) is 0 Å². The molecule has 6 heteroatoms. The van der Waals surface area contributed by atoms with Gasteiger partial charge in [0.25, 0.3) is 0 Å². The van der Waals surface area contributed by atoms with Crippen molar-refractivity contribution in [1.82, 2.24) is 10.6 Å². The van der Waals surface area contributed by atoms with Crippen LogP contribution in [-0.4, -0.2) is 36.9 Å². The van der Waals surface area contributed by atoms with E-state index in [9.17, 15) is 14.3 Å². The Balaban J connectivity index is 2.45. The van der Waals surface area contributed by atoms with Crippen molar-refractivity contribution in [3.05, 3.63) is 29.6 Å². The molecule has 22 heavy (non-hydrogen) atoms. The molecule has 0 saturated carbocycles. The minimum absolute atomic E-state index is 0.108. The summed E-state index contributed by atoms with van der Waals surface area (Å²) in [4.78, 5) is 11.8. The van der Waals surface area contributed by atoms with Crippen molar-refractivity contribution in [1.29, 1.82) is 0 Å². The van der Waals surface area contributed by atoms with E-state index in [1.165, 1.54) is 13.2 Å². The van der Waals surface area contributed by atoms with E-state index in [1.807, 2.05) is 6.92 Å². The first kappa shape index (κ1) is 18.2. The van der Waals surface area contributed by atoms with Crippen LogP contribution in [0.1, 0.15) is 32.3 Å². The molecule has 1 unspecified atom stereocenters. The van der Waals surface area contributed by atoms with Gasteiger partial charge in [-0.05, 0) is 37.5 Å². The quantitative estimate of drug-likeness (QED) is 0.689. The number of hydrogen-bond acceptors (Lipinski definition) is 3. The normalized spacial score (nSPS) is 13.3. The molecule has 1 rings (SSSR count). The molecule has 0 aromatic heterocycles. The maximum Gasteiger partial charge on any atom is 0.315 e. The molecule has 0 aliphatic rings. The molecule has 0 spiro atoms. The first-order chi connectivity index (χ1) is 10.4. The van der Waals surface area contributed by atoms with Crippen molar-refractivity contribution < 1.29 is 19.0 Å². The molecule has 1 aromatic carbocycles. The highest BCUT2D eigenvalue weighted by molar-refractivity contribution is 5.74. The van der Waals surface area contributed by atoms with Crippen molar-refractivity contribution >= 4 is 6.03 Å². The lowest BCUT2D eigenvalue weighted by Gasteiger charge is -2.28. The van der Waals surface area contributed by atoms with E-state index in [-0.39, 0.29) is 18.4 Å². The minimum Gasteiger partial charge on any atom is -0.494 e. The number of carbonyl (C=O) groups excluding carboxylic acids is 1. The fourth-order valence-electron chi connectivity index (χ4n) is 2.23. The van der Waals surface area contributed by atoms with Crippen LogP contribution < -0.4 is 15.4 Å². The van der Waals surface area contributed by atoms with Crippen LogP contribution in [0.2, 0.25) is 0 Å². The number of carbonyl (C=O) groups is 1. The summed E-state index contributed by atoms with van der Waals surface area (Å²) >= 11 is 0. The van der Waals surface area contributed by atoms with Gasteiger partial charge in [-0.3, -0.25) is 0 Å². The van der Waals surface area contributed by atoms with Gasteiger partial charge in [0.1, 0.15) is 0 Å². The third-order valence-electron chi connectivity index (χ3n) is 3.48. The standard InChI is InChI=1S/C16H25FN2O3/c1-4-8-16(2,11-20)19-15(21)18-9-7-12-5-6-13(17)14(10-12)22-3/h5-6,10,20H,4,7-9,11H2,1-3H3,(H2,18,19,21). The fraction of sp³-hybridized carbons (Fsp3) is 0.562.